The van der Waals surface area contributed by atoms with Crippen molar-refractivity contribution in [3.05, 3.63) is 54.6 Å². The summed E-state index contributed by atoms with van der Waals surface area (Å²) in [5.41, 5.74) is -0.375. The number of halogens is 2. The SMILES string of the molecule is CC(C)c1c(Sc2cc(Cl)cc(Cl)c2)[nH]c(=O)[nH]c1=O. The van der Waals surface area contributed by atoms with Gasteiger partial charge in [0.15, 0.2) is 0 Å². The minimum absolute atomic E-state index is 0.0206. The van der Waals surface area contributed by atoms with Crippen LogP contribution in [-0.4, -0.2) is 9.97 Å². The molecule has 1 aromatic heterocycles. The van der Waals surface area contributed by atoms with Gasteiger partial charge in [0.1, 0.15) is 0 Å². The van der Waals surface area contributed by atoms with Gasteiger partial charge in [-0.1, -0.05) is 48.8 Å². The summed E-state index contributed by atoms with van der Waals surface area (Å²) in [6.45, 7) is 3.77. The Balaban J connectivity index is 2.52. The Morgan fingerprint density at radius 1 is 1.05 bits per heavy atom. The third-order valence-corrected chi connectivity index (χ3v) is 4.01. The number of benzene rings is 1. The molecule has 106 valence electrons. The number of rotatable bonds is 3. The van der Waals surface area contributed by atoms with E-state index in [4.69, 9.17) is 23.2 Å². The zero-order valence-corrected chi connectivity index (χ0v) is 13.1. The fourth-order valence-corrected chi connectivity index (χ4v) is 3.63. The largest absolute Gasteiger partial charge is 0.326 e. The molecular weight excluding hydrogens is 319 g/mol. The lowest BCUT2D eigenvalue weighted by Crippen LogP contribution is -2.27. The number of nitrogens with one attached hydrogen (secondary N) is 2. The summed E-state index contributed by atoms with van der Waals surface area (Å²) in [4.78, 5) is 29.0. The third-order valence-electron chi connectivity index (χ3n) is 2.58. The standard InChI is InChI=1S/C13H12Cl2N2O2S/c1-6(2)10-11(18)16-13(19)17-12(10)20-9-4-7(14)3-8(15)5-9/h3-6H,1-2H3,(H2,16,17,18,19). The van der Waals surface area contributed by atoms with Crippen LogP contribution in [-0.2, 0) is 0 Å². The minimum atomic E-state index is -0.532. The maximum Gasteiger partial charge on any atom is 0.326 e. The molecule has 2 N–H and O–H groups in total. The fraction of sp³-hybridized carbons (Fsp3) is 0.231. The number of aromatic amines is 2. The zero-order chi connectivity index (χ0) is 14.9. The van der Waals surface area contributed by atoms with E-state index in [2.05, 4.69) is 9.97 Å². The highest BCUT2D eigenvalue weighted by Gasteiger charge is 2.14. The van der Waals surface area contributed by atoms with E-state index < -0.39 is 5.69 Å². The lowest BCUT2D eigenvalue weighted by molar-refractivity contribution is 0.772. The highest BCUT2D eigenvalue weighted by Crippen LogP contribution is 2.33. The van der Waals surface area contributed by atoms with Gasteiger partial charge in [-0.15, -0.1) is 0 Å². The first-order chi connectivity index (χ1) is 9.36. The predicted octanol–water partition coefficient (Wildman–Crippen LogP) is 3.64. The molecule has 1 heterocycles. The molecule has 0 saturated heterocycles. The van der Waals surface area contributed by atoms with Crippen molar-refractivity contribution in [2.75, 3.05) is 0 Å². The van der Waals surface area contributed by atoms with Crippen molar-refractivity contribution in [3.63, 3.8) is 0 Å². The Morgan fingerprint density at radius 2 is 1.65 bits per heavy atom. The van der Waals surface area contributed by atoms with E-state index in [-0.39, 0.29) is 11.5 Å². The van der Waals surface area contributed by atoms with Crippen molar-refractivity contribution in [1.29, 1.82) is 0 Å². The van der Waals surface area contributed by atoms with Crippen molar-refractivity contribution in [2.45, 2.75) is 29.7 Å². The van der Waals surface area contributed by atoms with E-state index in [0.717, 1.165) is 4.90 Å². The third kappa shape index (κ3) is 3.48. The summed E-state index contributed by atoms with van der Waals surface area (Å²) in [5.74, 6) is -0.0206. The molecule has 0 amide bonds. The van der Waals surface area contributed by atoms with Gasteiger partial charge >= 0.3 is 5.69 Å². The lowest BCUT2D eigenvalue weighted by atomic mass is 10.1. The van der Waals surface area contributed by atoms with Gasteiger partial charge < -0.3 is 4.98 Å². The molecule has 20 heavy (non-hydrogen) atoms. The monoisotopic (exact) mass is 330 g/mol. The molecule has 0 aliphatic carbocycles. The van der Waals surface area contributed by atoms with Crippen LogP contribution < -0.4 is 11.2 Å². The highest BCUT2D eigenvalue weighted by molar-refractivity contribution is 7.99. The molecule has 0 aliphatic heterocycles. The van der Waals surface area contributed by atoms with E-state index in [1.807, 2.05) is 13.8 Å². The smallest absolute Gasteiger partial charge is 0.301 e. The Labute approximate surface area is 129 Å². The summed E-state index contributed by atoms with van der Waals surface area (Å²) in [7, 11) is 0. The maximum absolute atomic E-state index is 11.9. The molecule has 0 radical (unpaired) electrons. The van der Waals surface area contributed by atoms with Gasteiger partial charge in [0.2, 0.25) is 0 Å². The molecule has 0 bridgehead atoms. The molecule has 0 saturated carbocycles. The number of H-pyrrole nitrogens is 2. The van der Waals surface area contributed by atoms with Crippen LogP contribution in [0, 0.1) is 0 Å². The van der Waals surface area contributed by atoms with Crippen molar-refractivity contribution in [2.24, 2.45) is 0 Å². The lowest BCUT2D eigenvalue weighted by Gasteiger charge is -2.10. The second-order valence-electron chi connectivity index (χ2n) is 4.51. The maximum atomic E-state index is 11.9. The first-order valence-electron chi connectivity index (χ1n) is 5.87. The average Bonchev–Trinajstić information content (AvgIpc) is 2.25. The summed E-state index contributed by atoms with van der Waals surface area (Å²) in [5, 5.41) is 1.50. The molecule has 0 unspecified atom stereocenters. The molecular formula is C13H12Cl2N2O2S. The first kappa shape index (κ1) is 15.2. The number of hydrogen-bond acceptors (Lipinski definition) is 3. The molecule has 2 rings (SSSR count). The summed E-state index contributed by atoms with van der Waals surface area (Å²) in [6, 6.07) is 5.07. The molecule has 0 spiro atoms. The van der Waals surface area contributed by atoms with Crippen molar-refractivity contribution in [1.82, 2.24) is 9.97 Å². The summed E-state index contributed by atoms with van der Waals surface area (Å²) >= 11 is 13.1. The summed E-state index contributed by atoms with van der Waals surface area (Å²) in [6.07, 6.45) is 0. The topological polar surface area (TPSA) is 65.7 Å². The average molecular weight is 331 g/mol. The van der Waals surface area contributed by atoms with E-state index in [9.17, 15) is 9.59 Å². The van der Waals surface area contributed by atoms with Gasteiger partial charge in [-0.3, -0.25) is 9.78 Å². The van der Waals surface area contributed by atoms with Gasteiger partial charge in [0, 0.05) is 14.9 Å². The Hall–Kier alpha value is -1.17. The fourth-order valence-electron chi connectivity index (χ4n) is 1.79. The first-order valence-corrected chi connectivity index (χ1v) is 7.44. The Bertz CT molecular complexity index is 733. The van der Waals surface area contributed by atoms with Crippen molar-refractivity contribution in [3.8, 4) is 0 Å². The van der Waals surface area contributed by atoms with Gasteiger partial charge in [-0.25, -0.2) is 4.79 Å². The van der Waals surface area contributed by atoms with Crippen molar-refractivity contribution >= 4 is 35.0 Å². The molecule has 4 nitrogen and oxygen atoms in total. The van der Waals surface area contributed by atoms with Gasteiger partial charge in [0.25, 0.3) is 5.56 Å². The molecule has 0 atom stereocenters. The molecule has 7 heteroatoms. The second-order valence-corrected chi connectivity index (χ2v) is 6.47. The van der Waals surface area contributed by atoms with Crippen LogP contribution >= 0.6 is 35.0 Å². The predicted molar refractivity (Wildman–Crippen MR) is 82.4 cm³/mol. The molecule has 0 fully saturated rings. The normalized spacial score (nSPS) is 11.1. The van der Waals surface area contributed by atoms with Gasteiger partial charge in [-0.2, -0.15) is 0 Å². The van der Waals surface area contributed by atoms with Crippen LogP contribution in [0.1, 0.15) is 25.3 Å². The highest BCUT2D eigenvalue weighted by atomic mass is 35.5. The molecule has 1 aromatic carbocycles. The van der Waals surface area contributed by atoms with Crippen LogP contribution in [0.5, 0.6) is 0 Å². The van der Waals surface area contributed by atoms with Gasteiger partial charge in [0.05, 0.1) is 10.6 Å². The number of aromatic nitrogens is 2. The number of hydrogen-bond donors (Lipinski definition) is 2. The van der Waals surface area contributed by atoms with E-state index in [1.165, 1.54) is 11.8 Å². The van der Waals surface area contributed by atoms with Crippen LogP contribution in [0.2, 0.25) is 10.0 Å². The summed E-state index contributed by atoms with van der Waals surface area (Å²) < 4.78 is 0. The quantitative estimate of drug-likeness (QED) is 0.844. The van der Waals surface area contributed by atoms with E-state index in [0.29, 0.717) is 20.6 Å². The second kappa shape index (κ2) is 6.08. The van der Waals surface area contributed by atoms with E-state index in [1.54, 1.807) is 18.2 Å². The van der Waals surface area contributed by atoms with Gasteiger partial charge in [-0.05, 0) is 24.1 Å². The van der Waals surface area contributed by atoms with Crippen LogP contribution in [0.15, 0.2) is 37.7 Å². The van der Waals surface area contributed by atoms with Crippen LogP contribution in [0.3, 0.4) is 0 Å². The Kier molecular flexibility index (Phi) is 4.62. The minimum Gasteiger partial charge on any atom is -0.301 e. The molecule has 0 aliphatic rings. The molecule has 2 aromatic rings. The van der Waals surface area contributed by atoms with Crippen LogP contribution in [0.25, 0.3) is 0 Å². The Morgan fingerprint density at radius 3 is 2.20 bits per heavy atom. The van der Waals surface area contributed by atoms with Crippen molar-refractivity contribution < 1.29 is 0 Å². The van der Waals surface area contributed by atoms with Crippen LogP contribution in [0.4, 0.5) is 0 Å². The van der Waals surface area contributed by atoms with E-state index >= 15 is 0 Å². The zero-order valence-electron chi connectivity index (χ0n) is 10.8.